The summed E-state index contributed by atoms with van der Waals surface area (Å²) < 4.78 is 57.4. The van der Waals surface area contributed by atoms with E-state index in [1.807, 2.05) is 13.8 Å². The number of amides is 2. The van der Waals surface area contributed by atoms with Crippen molar-refractivity contribution in [3.8, 4) is 0 Å². The molecule has 164 valence electrons. The van der Waals surface area contributed by atoms with Gasteiger partial charge in [0.15, 0.2) is 0 Å². The molecule has 8 nitrogen and oxygen atoms in total. The average Bonchev–Trinajstić information content (AvgIpc) is 3.29. The molecule has 0 bridgehead atoms. The summed E-state index contributed by atoms with van der Waals surface area (Å²) in [5, 5.41) is 15.8. The van der Waals surface area contributed by atoms with Crippen LogP contribution in [0.1, 0.15) is 54.5 Å². The number of urea groups is 1. The molecule has 0 radical (unpaired) electrons. The minimum Gasteiger partial charge on any atom is -0.438 e. The first-order valence-corrected chi connectivity index (χ1v) is 10.4. The fourth-order valence-corrected chi connectivity index (χ4v) is 4.12. The maximum absolute atomic E-state index is 13.3. The van der Waals surface area contributed by atoms with E-state index in [-0.39, 0.29) is 28.9 Å². The van der Waals surface area contributed by atoms with Crippen LogP contribution in [0.2, 0.25) is 0 Å². The molecule has 0 unspecified atom stereocenters. The predicted molar refractivity (Wildman–Crippen MR) is 102 cm³/mol. The Morgan fingerprint density at radius 2 is 2.10 bits per heavy atom. The Hall–Kier alpha value is -2.47. The summed E-state index contributed by atoms with van der Waals surface area (Å²) in [6.45, 7) is 4.53. The number of aromatic nitrogens is 3. The van der Waals surface area contributed by atoms with Crippen molar-refractivity contribution in [2.75, 3.05) is 5.32 Å². The number of pyridine rings is 1. The van der Waals surface area contributed by atoms with Crippen LogP contribution in [0.25, 0.3) is 0 Å². The van der Waals surface area contributed by atoms with Crippen LogP contribution in [0, 0.1) is 6.92 Å². The first-order chi connectivity index (χ1) is 14.0. The lowest BCUT2D eigenvalue weighted by Crippen LogP contribution is -2.17. The molecule has 2 amide bonds. The Labute approximate surface area is 172 Å². The number of alkyl halides is 3. The number of carbonyl (C=O) groups is 1. The van der Waals surface area contributed by atoms with Gasteiger partial charge in [-0.3, -0.25) is 4.68 Å². The number of nitrogens with zero attached hydrogens (tertiary/aromatic N) is 4. The monoisotopic (exact) mass is 444 g/mol. The van der Waals surface area contributed by atoms with Crippen LogP contribution in [0.4, 0.5) is 23.7 Å². The highest BCUT2D eigenvalue weighted by atomic mass is 32.2. The smallest absolute Gasteiger partial charge is 0.433 e. The summed E-state index contributed by atoms with van der Waals surface area (Å²) in [6, 6.07) is 0.202. The number of fused-ring (bicyclic) bond motifs is 1. The maximum Gasteiger partial charge on any atom is 0.433 e. The van der Waals surface area contributed by atoms with E-state index in [4.69, 9.17) is 0 Å². The zero-order chi connectivity index (χ0) is 22.2. The SMILES string of the molecule is Cc1c(C(F)(F)F)nc2c(c1NC(=O)N=[S-](=O)c1cc(CO)n(C(C)C)n1)CCC2. The molecule has 1 aliphatic carbocycles. The highest BCUT2D eigenvalue weighted by Gasteiger charge is 2.37. The van der Waals surface area contributed by atoms with E-state index in [9.17, 15) is 27.3 Å². The Morgan fingerprint density at radius 3 is 2.67 bits per heavy atom. The van der Waals surface area contributed by atoms with E-state index in [2.05, 4.69) is 19.8 Å². The molecule has 2 heterocycles. The van der Waals surface area contributed by atoms with Crippen molar-refractivity contribution in [1.29, 1.82) is 0 Å². The molecule has 0 aliphatic heterocycles. The number of rotatable bonds is 4. The average molecular weight is 444 g/mol. The summed E-state index contributed by atoms with van der Waals surface area (Å²) in [5.41, 5.74) is 0.00183. The van der Waals surface area contributed by atoms with E-state index in [1.165, 1.54) is 17.7 Å². The largest absolute Gasteiger partial charge is 0.438 e. The lowest BCUT2D eigenvalue weighted by Gasteiger charge is -2.17. The van der Waals surface area contributed by atoms with Crippen LogP contribution in [0.5, 0.6) is 0 Å². The van der Waals surface area contributed by atoms with Crippen molar-refractivity contribution >= 4 is 22.3 Å². The zero-order valence-electron chi connectivity index (χ0n) is 16.6. The molecule has 0 spiro atoms. The Bertz CT molecular complexity index is 1070. The van der Waals surface area contributed by atoms with E-state index < -0.39 is 28.5 Å². The van der Waals surface area contributed by atoms with E-state index in [0.29, 0.717) is 36.2 Å². The summed E-state index contributed by atoms with van der Waals surface area (Å²) in [4.78, 5) is 16.1. The second-order valence-electron chi connectivity index (χ2n) is 7.18. The Kier molecular flexibility index (Phi) is 6.18. The summed E-state index contributed by atoms with van der Waals surface area (Å²) in [5.74, 6) is 0. The summed E-state index contributed by atoms with van der Waals surface area (Å²) in [6.07, 6.45) is -3.16. The zero-order valence-corrected chi connectivity index (χ0v) is 17.4. The van der Waals surface area contributed by atoms with Gasteiger partial charge in [-0.2, -0.15) is 18.3 Å². The van der Waals surface area contributed by atoms with Gasteiger partial charge in [0, 0.05) is 22.3 Å². The highest BCUT2D eigenvalue weighted by Crippen LogP contribution is 2.38. The number of hydrogen-bond donors (Lipinski definition) is 2. The van der Waals surface area contributed by atoms with Gasteiger partial charge in [0.1, 0.15) is 5.69 Å². The van der Waals surface area contributed by atoms with Crippen LogP contribution in [-0.4, -0.2) is 25.9 Å². The first-order valence-electron chi connectivity index (χ1n) is 9.26. The third kappa shape index (κ3) is 4.33. The number of anilines is 1. The number of aliphatic hydroxyl groups excluding tert-OH is 1. The van der Waals surface area contributed by atoms with Crippen molar-refractivity contribution in [3.05, 3.63) is 34.3 Å². The fourth-order valence-electron chi connectivity index (χ4n) is 3.44. The van der Waals surface area contributed by atoms with E-state index >= 15 is 0 Å². The summed E-state index contributed by atoms with van der Waals surface area (Å²) in [7, 11) is -2.19. The number of carbonyl (C=O) groups excluding carboxylic acids is 1. The standard InChI is InChI=1S/C18H21F3N5O3S/c1-9(2)26-11(8-27)7-14(24-26)30(29)25-17(28)23-15-10(3)16(18(19,20)21)22-13-6-4-5-12(13)15/h7,9,27H,4-6,8H2,1-3H3,(H,22,23,28)/q-1. The molecule has 30 heavy (non-hydrogen) atoms. The Balaban J connectivity index is 1.93. The highest BCUT2D eigenvalue weighted by molar-refractivity contribution is 7.75. The van der Waals surface area contributed by atoms with Gasteiger partial charge in [-0.05, 0) is 51.7 Å². The van der Waals surface area contributed by atoms with Gasteiger partial charge < -0.3 is 19.0 Å². The van der Waals surface area contributed by atoms with Crippen LogP contribution in [0.3, 0.4) is 0 Å². The van der Waals surface area contributed by atoms with Gasteiger partial charge in [0.2, 0.25) is 0 Å². The third-order valence-electron chi connectivity index (χ3n) is 4.75. The summed E-state index contributed by atoms with van der Waals surface area (Å²) >= 11 is 0. The minimum atomic E-state index is -4.66. The molecule has 12 heteroatoms. The molecule has 0 saturated heterocycles. The van der Waals surface area contributed by atoms with Gasteiger partial charge in [-0.1, -0.05) is 0 Å². The van der Waals surface area contributed by atoms with Gasteiger partial charge in [0.05, 0.1) is 18.0 Å². The molecule has 0 aromatic carbocycles. The van der Waals surface area contributed by atoms with Gasteiger partial charge in [-0.15, -0.1) is 10.6 Å². The van der Waals surface area contributed by atoms with Crippen molar-refractivity contribution in [2.45, 2.75) is 63.9 Å². The topological polar surface area (TPSA) is 109 Å². The lowest BCUT2D eigenvalue weighted by atomic mass is 10.1. The van der Waals surface area contributed by atoms with E-state index in [0.717, 1.165) is 0 Å². The predicted octanol–water partition coefficient (Wildman–Crippen LogP) is 3.91. The van der Waals surface area contributed by atoms with Gasteiger partial charge in [0.25, 0.3) is 0 Å². The molecule has 3 rings (SSSR count). The molecule has 2 aromatic heterocycles. The number of aliphatic hydroxyl groups is 1. The van der Waals surface area contributed by atoms with Crippen LogP contribution >= 0.6 is 0 Å². The number of halogens is 3. The maximum atomic E-state index is 13.3. The van der Waals surface area contributed by atoms with Crippen LogP contribution in [-0.2, 0) is 40.4 Å². The van der Waals surface area contributed by atoms with Crippen molar-refractivity contribution in [2.24, 2.45) is 4.36 Å². The lowest BCUT2D eigenvalue weighted by molar-refractivity contribution is -0.141. The number of aryl methyl sites for hydroxylation is 1. The third-order valence-corrected chi connectivity index (χ3v) is 5.64. The minimum absolute atomic E-state index is 0.0133. The first kappa shape index (κ1) is 22.2. The van der Waals surface area contributed by atoms with Crippen molar-refractivity contribution in [3.63, 3.8) is 0 Å². The normalized spacial score (nSPS) is 14.9. The molecule has 0 saturated carbocycles. The molecule has 0 atom stereocenters. The molecule has 0 fully saturated rings. The van der Waals surface area contributed by atoms with Crippen LogP contribution in [0.15, 0.2) is 15.5 Å². The van der Waals surface area contributed by atoms with Crippen molar-refractivity contribution < 1.29 is 27.3 Å². The van der Waals surface area contributed by atoms with Gasteiger partial charge in [-0.25, -0.2) is 9.78 Å². The quantitative estimate of drug-likeness (QED) is 0.695. The second kappa shape index (κ2) is 8.34. The fraction of sp³-hybridized carbons (Fsp3) is 0.500. The molecular formula is C18H21F3N5O3S-. The van der Waals surface area contributed by atoms with Gasteiger partial charge >= 0.3 is 12.2 Å². The van der Waals surface area contributed by atoms with E-state index in [1.54, 1.807) is 0 Å². The molecular weight excluding hydrogens is 423 g/mol. The Morgan fingerprint density at radius 1 is 1.40 bits per heavy atom. The number of hydrogen-bond acceptors (Lipinski definition) is 6. The van der Waals surface area contributed by atoms with Crippen LogP contribution < -0.4 is 5.32 Å². The second-order valence-corrected chi connectivity index (χ2v) is 8.28. The molecule has 1 aliphatic rings. The van der Waals surface area contributed by atoms with Crippen molar-refractivity contribution in [1.82, 2.24) is 14.8 Å². The molecule has 2 N–H and O–H groups in total. The molecule has 2 aromatic rings. The number of nitrogens with one attached hydrogen (secondary N) is 1.